The number of likely N-dealkylation sites (N-methyl/N-ethyl adjacent to an activating group) is 1. The Labute approximate surface area is 208 Å². The van der Waals surface area contributed by atoms with E-state index in [-0.39, 0.29) is 29.0 Å². The van der Waals surface area contributed by atoms with Gasteiger partial charge >= 0.3 is 0 Å². The molecule has 186 valence electrons. The van der Waals surface area contributed by atoms with Crippen molar-refractivity contribution in [2.24, 2.45) is 0 Å². The summed E-state index contributed by atoms with van der Waals surface area (Å²) in [7, 11) is -2.84. The first kappa shape index (κ1) is 25.1. The molecule has 0 bridgehead atoms. The first-order valence-electron chi connectivity index (χ1n) is 11.2. The van der Waals surface area contributed by atoms with Crippen molar-refractivity contribution in [3.05, 3.63) is 101 Å². The second kappa shape index (κ2) is 10.3. The van der Waals surface area contributed by atoms with Crippen LogP contribution in [-0.4, -0.2) is 55.0 Å². The number of rotatable bonds is 8. The summed E-state index contributed by atoms with van der Waals surface area (Å²) in [5, 5.41) is 2.53. The minimum atomic E-state index is -4.25. The van der Waals surface area contributed by atoms with Crippen molar-refractivity contribution in [1.82, 2.24) is 14.5 Å². The normalized spacial score (nSPS) is 14.7. The number of nitrogens with zero attached hydrogens (tertiary/aromatic N) is 2. The van der Waals surface area contributed by atoms with Crippen molar-refractivity contribution in [3.8, 4) is 0 Å². The van der Waals surface area contributed by atoms with Crippen LogP contribution in [0.1, 0.15) is 21.5 Å². The number of carbonyl (C=O) groups is 3. The molecule has 1 heterocycles. The standard InChI is InChI=1S/C26H24FN3O5S/c1-28-25(32)22(15-18-9-3-2-4-10-18)29(16-19-11-5-7-13-21(19)27)24(31)17-30-26(33)20-12-6-8-14-23(20)36(30,34)35/h2-14,22H,15-17H2,1H3,(H,28,32)/t22-/m1/s1. The molecule has 3 aromatic rings. The van der Waals surface area contributed by atoms with Gasteiger partial charge in [0.1, 0.15) is 23.3 Å². The van der Waals surface area contributed by atoms with E-state index in [1.807, 2.05) is 6.07 Å². The van der Waals surface area contributed by atoms with E-state index in [0.29, 0.717) is 4.31 Å². The van der Waals surface area contributed by atoms with Crippen molar-refractivity contribution >= 4 is 27.7 Å². The SMILES string of the molecule is CNC(=O)[C@@H](Cc1ccccc1)N(Cc1ccccc1F)C(=O)CN1C(=O)c2ccccc2S1(=O)=O. The fraction of sp³-hybridized carbons (Fsp3) is 0.192. The van der Waals surface area contributed by atoms with Gasteiger partial charge in [0.15, 0.2) is 0 Å². The minimum Gasteiger partial charge on any atom is -0.357 e. The summed E-state index contributed by atoms with van der Waals surface area (Å²) in [5.74, 6) is -2.73. The lowest BCUT2D eigenvalue weighted by atomic mass is 10.0. The van der Waals surface area contributed by atoms with Crippen molar-refractivity contribution in [3.63, 3.8) is 0 Å². The zero-order valence-corrected chi connectivity index (χ0v) is 20.2. The Balaban J connectivity index is 1.71. The highest BCUT2D eigenvalue weighted by molar-refractivity contribution is 7.90. The average molecular weight is 510 g/mol. The van der Waals surface area contributed by atoms with E-state index in [1.54, 1.807) is 30.3 Å². The summed E-state index contributed by atoms with van der Waals surface area (Å²) in [6, 6.07) is 19.3. The summed E-state index contributed by atoms with van der Waals surface area (Å²) in [5.41, 5.74) is 0.861. The lowest BCUT2D eigenvalue weighted by Crippen LogP contribution is -2.52. The maximum absolute atomic E-state index is 14.6. The molecule has 3 amide bonds. The average Bonchev–Trinajstić information content (AvgIpc) is 3.08. The molecule has 1 aliphatic rings. The fourth-order valence-corrected chi connectivity index (χ4v) is 5.65. The first-order valence-corrected chi connectivity index (χ1v) is 12.6. The highest BCUT2D eigenvalue weighted by atomic mass is 32.2. The lowest BCUT2D eigenvalue weighted by Gasteiger charge is -2.32. The van der Waals surface area contributed by atoms with Crippen LogP contribution in [0.3, 0.4) is 0 Å². The second-order valence-electron chi connectivity index (χ2n) is 8.25. The van der Waals surface area contributed by atoms with E-state index in [0.717, 1.165) is 10.5 Å². The molecule has 36 heavy (non-hydrogen) atoms. The molecule has 1 atom stereocenters. The highest BCUT2D eigenvalue weighted by Gasteiger charge is 2.43. The molecule has 4 rings (SSSR count). The van der Waals surface area contributed by atoms with E-state index in [2.05, 4.69) is 5.32 Å². The lowest BCUT2D eigenvalue weighted by molar-refractivity contribution is -0.141. The van der Waals surface area contributed by atoms with Gasteiger partial charge in [-0.25, -0.2) is 17.1 Å². The summed E-state index contributed by atoms with van der Waals surface area (Å²) in [6.45, 7) is -1.13. The number of hydrogen-bond acceptors (Lipinski definition) is 5. The van der Waals surface area contributed by atoms with Crippen LogP contribution in [0.25, 0.3) is 0 Å². The summed E-state index contributed by atoms with van der Waals surface area (Å²) < 4.78 is 41.1. The number of hydrogen-bond donors (Lipinski definition) is 1. The van der Waals surface area contributed by atoms with Gasteiger partial charge in [0, 0.05) is 25.6 Å². The van der Waals surface area contributed by atoms with Crippen LogP contribution < -0.4 is 5.32 Å². The maximum Gasteiger partial charge on any atom is 0.269 e. The number of sulfonamides is 1. The number of carbonyl (C=O) groups excluding carboxylic acids is 3. The molecule has 0 saturated carbocycles. The molecular formula is C26H24FN3O5S. The number of fused-ring (bicyclic) bond motifs is 1. The molecule has 1 aliphatic heterocycles. The Morgan fingerprint density at radius 1 is 0.972 bits per heavy atom. The Morgan fingerprint density at radius 2 is 1.61 bits per heavy atom. The van der Waals surface area contributed by atoms with Gasteiger partial charge in [-0.1, -0.05) is 60.7 Å². The topological polar surface area (TPSA) is 104 Å². The largest absolute Gasteiger partial charge is 0.357 e. The number of halogens is 1. The Kier molecular flexibility index (Phi) is 7.16. The number of nitrogens with one attached hydrogen (secondary N) is 1. The molecule has 3 aromatic carbocycles. The van der Waals surface area contributed by atoms with Gasteiger partial charge in [-0.05, 0) is 23.8 Å². The molecule has 1 N–H and O–H groups in total. The summed E-state index contributed by atoms with van der Waals surface area (Å²) in [4.78, 5) is 40.4. The first-order chi connectivity index (χ1) is 17.2. The van der Waals surface area contributed by atoms with Crippen LogP contribution in [0, 0.1) is 5.82 Å². The molecule has 0 unspecified atom stereocenters. The van der Waals surface area contributed by atoms with Crippen LogP contribution in [0.5, 0.6) is 0 Å². The van der Waals surface area contributed by atoms with E-state index >= 15 is 0 Å². The second-order valence-corrected chi connectivity index (χ2v) is 10.1. The number of benzene rings is 3. The molecule has 0 saturated heterocycles. The molecule has 8 nitrogen and oxygen atoms in total. The van der Waals surface area contributed by atoms with Gasteiger partial charge in [-0.3, -0.25) is 14.4 Å². The van der Waals surface area contributed by atoms with Crippen molar-refractivity contribution in [1.29, 1.82) is 0 Å². The molecule has 0 spiro atoms. The third kappa shape index (κ3) is 4.85. The van der Waals surface area contributed by atoms with Gasteiger partial charge in [0.25, 0.3) is 15.9 Å². The smallest absolute Gasteiger partial charge is 0.269 e. The van der Waals surface area contributed by atoms with Crippen LogP contribution in [0.2, 0.25) is 0 Å². The zero-order valence-electron chi connectivity index (χ0n) is 19.4. The van der Waals surface area contributed by atoms with Crippen LogP contribution >= 0.6 is 0 Å². The quantitative estimate of drug-likeness (QED) is 0.502. The fourth-order valence-electron chi connectivity index (χ4n) is 4.13. The Morgan fingerprint density at radius 3 is 2.28 bits per heavy atom. The third-order valence-corrected chi connectivity index (χ3v) is 7.79. The summed E-state index contributed by atoms with van der Waals surface area (Å²) >= 11 is 0. The monoisotopic (exact) mass is 509 g/mol. The molecule has 0 fully saturated rings. The molecule has 0 aromatic heterocycles. The van der Waals surface area contributed by atoms with Crippen LogP contribution in [0.4, 0.5) is 4.39 Å². The van der Waals surface area contributed by atoms with E-state index < -0.39 is 46.1 Å². The van der Waals surface area contributed by atoms with Gasteiger partial charge in [0.2, 0.25) is 11.8 Å². The van der Waals surface area contributed by atoms with Gasteiger partial charge in [0.05, 0.1) is 5.56 Å². The van der Waals surface area contributed by atoms with Gasteiger partial charge in [-0.2, -0.15) is 0 Å². The predicted octanol–water partition coefficient (Wildman–Crippen LogP) is 2.36. The minimum absolute atomic E-state index is 0.0295. The van der Waals surface area contributed by atoms with Crippen LogP contribution in [-0.2, 0) is 32.6 Å². The van der Waals surface area contributed by atoms with Crippen molar-refractivity contribution < 1.29 is 27.2 Å². The molecular weight excluding hydrogens is 485 g/mol. The highest BCUT2D eigenvalue weighted by Crippen LogP contribution is 2.30. The molecule has 0 radical (unpaired) electrons. The maximum atomic E-state index is 14.6. The van der Waals surface area contributed by atoms with Gasteiger partial charge in [-0.15, -0.1) is 0 Å². The number of amides is 3. The van der Waals surface area contributed by atoms with E-state index in [1.165, 1.54) is 49.5 Å². The van der Waals surface area contributed by atoms with E-state index in [4.69, 9.17) is 0 Å². The van der Waals surface area contributed by atoms with E-state index in [9.17, 15) is 27.2 Å². The van der Waals surface area contributed by atoms with Crippen LogP contribution in [0.15, 0.2) is 83.8 Å². The van der Waals surface area contributed by atoms with Gasteiger partial charge < -0.3 is 10.2 Å². The summed E-state index contributed by atoms with van der Waals surface area (Å²) in [6.07, 6.45) is 0.0988. The zero-order chi connectivity index (χ0) is 25.9. The third-order valence-electron chi connectivity index (χ3n) is 6.01. The van der Waals surface area contributed by atoms with Crippen molar-refractivity contribution in [2.45, 2.75) is 23.9 Å². The molecule has 0 aliphatic carbocycles. The Hall–Kier alpha value is -4.05. The Bertz CT molecular complexity index is 1410. The van der Waals surface area contributed by atoms with Crippen molar-refractivity contribution in [2.75, 3.05) is 13.6 Å². The molecule has 10 heteroatoms. The predicted molar refractivity (Wildman–Crippen MR) is 130 cm³/mol.